The van der Waals surface area contributed by atoms with Crippen LogP contribution in [0.5, 0.6) is 5.75 Å². The number of imidazole rings is 1. The summed E-state index contributed by atoms with van der Waals surface area (Å²) in [6.07, 6.45) is -4.53. The first-order chi connectivity index (χ1) is 11.6. The molecule has 0 bridgehead atoms. The quantitative estimate of drug-likeness (QED) is 0.618. The minimum atomic E-state index is -4.53. The van der Waals surface area contributed by atoms with Crippen molar-refractivity contribution in [1.82, 2.24) is 14.5 Å². The van der Waals surface area contributed by atoms with Crippen molar-refractivity contribution in [2.75, 3.05) is 0 Å². The second kappa shape index (κ2) is 5.91. The molecule has 1 aromatic carbocycles. The summed E-state index contributed by atoms with van der Waals surface area (Å²) in [4.78, 5) is 8.56. The molecule has 0 radical (unpaired) electrons. The Labute approximate surface area is 146 Å². The van der Waals surface area contributed by atoms with E-state index in [1.807, 2.05) is 18.4 Å². The lowest BCUT2D eigenvalue weighted by atomic mass is 10.0. The smallest absolute Gasteiger partial charge is 0.416 e. The van der Waals surface area contributed by atoms with Crippen LogP contribution in [0.25, 0.3) is 22.6 Å². The van der Waals surface area contributed by atoms with Gasteiger partial charge in [-0.05, 0) is 50.6 Å². The Kier molecular flexibility index (Phi) is 4.15. The molecule has 0 saturated heterocycles. The van der Waals surface area contributed by atoms with E-state index in [9.17, 15) is 18.3 Å². The van der Waals surface area contributed by atoms with Crippen molar-refractivity contribution in [3.05, 3.63) is 40.5 Å². The number of hydrogen-bond acceptors (Lipinski definition) is 3. The zero-order valence-corrected chi connectivity index (χ0v) is 14.4. The zero-order valence-electron chi connectivity index (χ0n) is 13.7. The number of hydrogen-bond donors (Lipinski definition) is 1. The molecule has 4 nitrogen and oxygen atoms in total. The van der Waals surface area contributed by atoms with Crippen molar-refractivity contribution in [3.8, 4) is 17.1 Å². The average Bonchev–Trinajstić information content (AvgIpc) is 2.83. The van der Waals surface area contributed by atoms with E-state index in [0.717, 1.165) is 6.07 Å². The highest BCUT2D eigenvalue weighted by molar-refractivity contribution is 6.29. The molecular formula is C17H15ClF3N3O. The second-order valence-electron chi connectivity index (χ2n) is 6.06. The largest absolute Gasteiger partial charge is 0.507 e. The molecule has 0 fully saturated rings. The Balaban J connectivity index is 2.31. The van der Waals surface area contributed by atoms with Gasteiger partial charge in [0, 0.05) is 6.04 Å². The standard InChI is InChI=1S/C17H15ClF3N3O/c1-8(2)24-11-4-5-13(18)22-15(11)23-16(24)14-9(3)6-10(7-12(14)25)17(19,20)21/h4-8,25H,1-3H3. The summed E-state index contributed by atoms with van der Waals surface area (Å²) in [6.45, 7) is 5.33. The number of aryl methyl sites for hydroxylation is 1. The number of fused-ring (bicyclic) bond motifs is 1. The zero-order chi connectivity index (χ0) is 18.5. The van der Waals surface area contributed by atoms with E-state index in [1.54, 1.807) is 12.1 Å². The molecule has 0 aliphatic heterocycles. The molecule has 2 heterocycles. The topological polar surface area (TPSA) is 50.9 Å². The molecule has 132 valence electrons. The van der Waals surface area contributed by atoms with E-state index in [0.29, 0.717) is 23.1 Å². The van der Waals surface area contributed by atoms with Crippen molar-refractivity contribution >= 4 is 22.8 Å². The number of halogens is 4. The number of aromatic hydroxyl groups is 1. The SMILES string of the molecule is Cc1cc(C(F)(F)F)cc(O)c1-c1nc2nc(Cl)ccc2n1C(C)C. The molecular weight excluding hydrogens is 355 g/mol. The number of phenols is 1. The van der Waals surface area contributed by atoms with Crippen LogP contribution in [-0.4, -0.2) is 19.6 Å². The lowest BCUT2D eigenvalue weighted by Crippen LogP contribution is -2.07. The van der Waals surface area contributed by atoms with E-state index in [-0.39, 0.29) is 22.3 Å². The Bertz CT molecular complexity index is 941. The molecule has 3 aromatic rings. The average molecular weight is 370 g/mol. The van der Waals surface area contributed by atoms with Gasteiger partial charge < -0.3 is 9.67 Å². The first kappa shape index (κ1) is 17.5. The van der Waals surface area contributed by atoms with Crippen LogP contribution in [0.3, 0.4) is 0 Å². The fourth-order valence-electron chi connectivity index (χ4n) is 2.88. The van der Waals surface area contributed by atoms with Crippen molar-refractivity contribution in [2.24, 2.45) is 0 Å². The van der Waals surface area contributed by atoms with Gasteiger partial charge in [0.05, 0.1) is 16.6 Å². The number of alkyl halides is 3. The Hall–Kier alpha value is -2.28. The van der Waals surface area contributed by atoms with Crippen molar-refractivity contribution in [1.29, 1.82) is 0 Å². The number of benzene rings is 1. The lowest BCUT2D eigenvalue weighted by molar-refractivity contribution is -0.137. The van der Waals surface area contributed by atoms with Crippen LogP contribution in [-0.2, 0) is 6.18 Å². The molecule has 0 aliphatic carbocycles. The molecule has 0 aliphatic rings. The van der Waals surface area contributed by atoms with Crippen LogP contribution in [0.1, 0.15) is 31.0 Å². The summed E-state index contributed by atoms with van der Waals surface area (Å²) in [6, 6.07) is 5.03. The molecule has 2 aromatic heterocycles. The second-order valence-corrected chi connectivity index (χ2v) is 6.45. The molecule has 8 heteroatoms. The summed E-state index contributed by atoms with van der Waals surface area (Å²) < 4.78 is 40.6. The van der Waals surface area contributed by atoms with E-state index in [1.165, 1.54) is 6.92 Å². The van der Waals surface area contributed by atoms with Crippen LogP contribution >= 0.6 is 11.6 Å². The van der Waals surface area contributed by atoms with Gasteiger partial charge in [0.1, 0.15) is 16.7 Å². The number of pyridine rings is 1. The van der Waals surface area contributed by atoms with E-state index in [4.69, 9.17) is 11.6 Å². The molecule has 0 amide bonds. The van der Waals surface area contributed by atoms with Gasteiger partial charge in [0.15, 0.2) is 5.65 Å². The Morgan fingerprint density at radius 2 is 1.84 bits per heavy atom. The van der Waals surface area contributed by atoms with Crippen LogP contribution < -0.4 is 0 Å². The Morgan fingerprint density at radius 1 is 1.16 bits per heavy atom. The number of aromatic nitrogens is 3. The molecule has 0 saturated carbocycles. The van der Waals surface area contributed by atoms with E-state index >= 15 is 0 Å². The van der Waals surface area contributed by atoms with Crippen molar-refractivity contribution in [3.63, 3.8) is 0 Å². The van der Waals surface area contributed by atoms with Crippen molar-refractivity contribution < 1.29 is 18.3 Å². The van der Waals surface area contributed by atoms with Crippen LogP contribution in [0.2, 0.25) is 5.15 Å². The van der Waals surface area contributed by atoms with Gasteiger partial charge in [-0.1, -0.05) is 11.6 Å². The lowest BCUT2D eigenvalue weighted by Gasteiger charge is -2.17. The fourth-order valence-corrected chi connectivity index (χ4v) is 3.02. The van der Waals surface area contributed by atoms with Gasteiger partial charge in [-0.3, -0.25) is 0 Å². The maximum atomic E-state index is 12.9. The highest BCUT2D eigenvalue weighted by atomic mass is 35.5. The van der Waals surface area contributed by atoms with Gasteiger partial charge in [-0.15, -0.1) is 0 Å². The highest BCUT2D eigenvalue weighted by Crippen LogP contribution is 2.40. The van der Waals surface area contributed by atoms with Crippen LogP contribution in [0, 0.1) is 6.92 Å². The molecule has 0 unspecified atom stereocenters. The third kappa shape index (κ3) is 3.04. The van der Waals surface area contributed by atoms with Crippen molar-refractivity contribution in [2.45, 2.75) is 33.0 Å². The maximum Gasteiger partial charge on any atom is 0.416 e. The van der Waals surface area contributed by atoms with E-state index in [2.05, 4.69) is 9.97 Å². The molecule has 0 atom stereocenters. The minimum absolute atomic E-state index is 0.0518. The monoisotopic (exact) mass is 369 g/mol. The summed E-state index contributed by atoms with van der Waals surface area (Å²) in [5, 5.41) is 10.5. The summed E-state index contributed by atoms with van der Waals surface area (Å²) in [7, 11) is 0. The Morgan fingerprint density at radius 3 is 2.40 bits per heavy atom. The molecule has 25 heavy (non-hydrogen) atoms. The summed E-state index contributed by atoms with van der Waals surface area (Å²) in [5.41, 5.74) is 0.675. The summed E-state index contributed by atoms with van der Waals surface area (Å²) in [5.74, 6) is -0.126. The predicted octanol–water partition coefficient (Wildman–Crippen LogP) is 5.37. The van der Waals surface area contributed by atoms with Crippen LogP contribution in [0.4, 0.5) is 13.2 Å². The molecule has 1 N–H and O–H groups in total. The summed E-state index contributed by atoms with van der Waals surface area (Å²) >= 11 is 5.90. The van der Waals surface area contributed by atoms with E-state index < -0.39 is 17.5 Å². The maximum absolute atomic E-state index is 12.9. The number of nitrogens with zero attached hydrogens (tertiary/aromatic N) is 3. The highest BCUT2D eigenvalue weighted by Gasteiger charge is 2.32. The first-order valence-corrected chi connectivity index (χ1v) is 7.93. The van der Waals surface area contributed by atoms with Gasteiger partial charge in [-0.25, -0.2) is 9.97 Å². The van der Waals surface area contributed by atoms with Gasteiger partial charge in [0.2, 0.25) is 0 Å². The molecule has 3 rings (SSSR count). The molecule has 0 spiro atoms. The third-order valence-electron chi connectivity index (χ3n) is 3.90. The van der Waals surface area contributed by atoms with Crippen LogP contribution in [0.15, 0.2) is 24.3 Å². The van der Waals surface area contributed by atoms with Gasteiger partial charge >= 0.3 is 6.18 Å². The predicted molar refractivity (Wildman–Crippen MR) is 89.8 cm³/mol. The third-order valence-corrected chi connectivity index (χ3v) is 4.11. The van der Waals surface area contributed by atoms with Gasteiger partial charge in [-0.2, -0.15) is 13.2 Å². The number of phenolic OH excluding ortho intramolecular Hbond substituents is 1. The normalized spacial score (nSPS) is 12.3. The minimum Gasteiger partial charge on any atom is -0.507 e. The first-order valence-electron chi connectivity index (χ1n) is 7.55. The fraction of sp³-hybridized carbons (Fsp3) is 0.294. The van der Waals surface area contributed by atoms with Gasteiger partial charge in [0.25, 0.3) is 0 Å². The number of rotatable bonds is 2.